The number of hydroxylamine groups is 2. The molecule has 1 unspecified atom stereocenters. The zero-order valence-electron chi connectivity index (χ0n) is 12.1. The molecule has 0 N–H and O–H groups in total. The van der Waals surface area contributed by atoms with E-state index in [0.29, 0.717) is 10.6 Å². The van der Waals surface area contributed by atoms with E-state index < -0.39 is 17.6 Å². The Morgan fingerprint density at radius 3 is 2.23 bits per heavy atom. The first kappa shape index (κ1) is 14.3. The van der Waals surface area contributed by atoms with Crippen LogP contribution in [0.15, 0.2) is 60.7 Å². The SMILES string of the molecule is CC1(c2ccccc2)OC(=O)N(OCc2ccccc2)C1=O. The maximum atomic E-state index is 12.5. The normalized spacial score (nSPS) is 21.0. The van der Waals surface area contributed by atoms with Crippen LogP contribution in [0.1, 0.15) is 18.1 Å². The van der Waals surface area contributed by atoms with E-state index in [2.05, 4.69) is 0 Å². The summed E-state index contributed by atoms with van der Waals surface area (Å²) in [6, 6.07) is 18.2. The standard InChI is InChI=1S/C17H15NO4/c1-17(14-10-6-3-7-11-14)15(19)18(16(20)22-17)21-12-13-8-4-2-5-9-13/h2-11H,12H2,1H3. The second kappa shape index (κ2) is 5.61. The lowest BCUT2D eigenvalue weighted by Gasteiger charge is -2.19. The van der Waals surface area contributed by atoms with Gasteiger partial charge in [-0.25, -0.2) is 4.79 Å². The van der Waals surface area contributed by atoms with Gasteiger partial charge in [-0.2, -0.15) is 0 Å². The molecular formula is C17H15NO4. The number of hydrogen-bond donors (Lipinski definition) is 0. The van der Waals surface area contributed by atoms with E-state index in [1.165, 1.54) is 0 Å². The topological polar surface area (TPSA) is 55.8 Å². The summed E-state index contributed by atoms with van der Waals surface area (Å²) in [6.45, 7) is 1.68. The first-order valence-corrected chi connectivity index (χ1v) is 6.91. The molecule has 0 aromatic heterocycles. The number of carbonyl (C=O) groups excluding carboxylic acids is 2. The zero-order chi connectivity index (χ0) is 15.6. The van der Waals surface area contributed by atoms with Crippen LogP contribution in [0, 0.1) is 0 Å². The summed E-state index contributed by atoms with van der Waals surface area (Å²) in [5.41, 5.74) is 0.116. The Balaban J connectivity index is 1.77. The van der Waals surface area contributed by atoms with Crippen molar-refractivity contribution in [2.45, 2.75) is 19.1 Å². The van der Waals surface area contributed by atoms with Gasteiger partial charge in [0.15, 0.2) is 0 Å². The third-order valence-corrected chi connectivity index (χ3v) is 3.58. The fourth-order valence-corrected chi connectivity index (χ4v) is 2.30. The smallest absolute Gasteiger partial charge is 0.426 e. The van der Waals surface area contributed by atoms with Gasteiger partial charge in [0.05, 0.1) is 0 Å². The minimum Gasteiger partial charge on any atom is -0.426 e. The molecule has 2 amide bonds. The van der Waals surface area contributed by atoms with Crippen LogP contribution in [-0.4, -0.2) is 17.1 Å². The highest BCUT2D eigenvalue weighted by atomic mass is 16.8. The third kappa shape index (κ3) is 2.46. The first-order chi connectivity index (χ1) is 10.6. The number of imide groups is 1. The van der Waals surface area contributed by atoms with E-state index in [1.807, 2.05) is 36.4 Å². The lowest BCUT2D eigenvalue weighted by atomic mass is 9.96. The number of cyclic esters (lactones) is 1. The van der Waals surface area contributed by atoms with Crippen LogP contribution >= 0.6 is 0 Å². The Hall–Kier alpha value is -2.66. The average molecular weight is 297 g/mol. The second-order valence-corrected chi connectivity index (χ2v) is 5.13. The highest BCUT2D eigenvalue weighted by molar-refractivity contribution is 6.02. The molecule has 1 atom stereocenters. The predicted molar refractivity (Wildman–Crippen MR) is 78.4 cm³/mol. The van der Waals surface area contributed by atoms with Gasteiger partial charge in [-0.1, -0.05) is 60.7 Å². The number of rotatable bonds is 4. The fraction of sp³-hybridized carbons (Fsp3) is 0.176. The number of amides is 2. The van der Waals surface area contributed by atoms with Gasteiger partial charge < -0.3 is 4.74 Å². The molecule has 0 bridgehead atoms. The number of benzene rings is 2. The predicted octanol–water partition coefficient (Wildman–Crippen LogP) is 3.01. The molecular weight excluding hydrogens is 282 g/mol. The Morgan fingerprint density at radius 2 is 1.59 bits per heavy atom. The van der Waals surface area contributed by atoms with Crippen LogP contribution < -0.4 is 0 Å². The van der Waals surface area contributed by atoms with E-state index in [1.54, 1.807) is 31.2 Å². The molecule has 1 aliphatic rings. The molecule has 2 aromatic rings. The molecule has 0 radical (unpaired) electrons. The maximum absolute atomic E-state index is 12.5. The van der Waals surface area contributed by atoms with Crippen molar-refractivity contribution in [1.82, 2.24) is 5.06 Å². The van der Waals surface area contributed by atoms with Gasteiger partial charge in [-0.05, 0) is 12.5 Å². The molecule has 5 heteroatoms. The minimum absolute atomic E-state index is 0.118. The Labute approximate surface area is 128 Å². The summed E-state index contributed by atoms with van der Waals surface area (Å²) in [4.78, 5) is 29.8. The van der Waals surface area contributed by atoms with Crippen LogP contribution in [0.4, 0.5) is 4.79 Å². The molecule has 22 heavy (non-hydrogen) atoms. The summed E-state index contributed by atoms with van der Waals surface area (Å²) < 4.78 is 5.26. The monoisotopic (exact) mass is 297 g/mol. The van der Waals surface area contributed by atoms with Crippen molar-refractivity contribution in [1.29, 1.82) is 0 Å². The van der Waals surface area contributed by atoms with Crippen molar-refractivity contribution >= 4 is 12.0 Å². The van der Waals surface area contributed by atoms with Crippen LogP contribution in [0.25, 0.3) is 0 Å². The van der Waals surface area contributed by atoms with Gasteiger partial charge in [-0.3, -0.25) is 9.63 Å². The van der Waals surface area contributed by atoms with E-state index in [9.17, 15) is 9.59 Å². The Bertz CT molecular complexity index is 686. The molecule has 0 spiro atoms. The third-order valence-electron chi connectivity index (χ3n) is 3.58. The molecule has 1 aliphatic heterocycles. The molecule has 112 valence electrons. The van der Waals surface area contributed by atoms with Gasteiger partial charge in [0.1, 0.15) is 6.61 Å². The number of hydrogen-bond acceptors (Lipinski definition) is 4. The van der Waals surface area contributed by atoms with Crippen molar-refractivity contribution in [3.8, 4) is 0 Å². The van der Waals surface area contributed by atoms with Crippen molar-refractivity contribution in [3.05, 3.63) is 71.8 Å². The highest BCUT2D eigenvalue weighted by Gasteiger charge is 2.53. The second-order valence-electron chi connectivity index (χ2n) is 5.13. The van der Waals surface area contributed by atoms with E-state index >= 15 is 0 Å². The molecule has 0 saturated carbocycles. The molecule has 1 fully saturated rings. The van der Waals surface area contributed by atoms with Crippen LogP contribution in [-0.2, 0) is 26.6 Å². The van der Waals surface area contributed by atoms with Crippen molar-refractivity contribution in [2.24, 2.45) is 0 Å². The molecule has 1 heterocycles. The largest absolute Gasteiger partial charge is 0.443 e. The van der Waals surface area contributed by atoms with E-state index in [4.69, 9.17) is 9.57 Å². The number of nitrogens with zero attached hydrogens (tertiary/aromatic N) is 1. The van der Waals surface area contributed by atoms with Crippen molar-refractivity contribution in [2.75, 3.05) is 0 Å². The summed E-state index contributed by atoms with van der Waals surface area (Å²) in [7, 11) is 0. The Morgan fingerprint density at radius 1 is 1.00 bits per heavy atom. The van der Waals surface area contributed by atoms with Crippen LogP contribution in [0.3, 0.4) is 0 Å². The van der Waals surface area contributed by atoms with Crippen LogP contribution in [0.5, 0.6) is 0 Å². The summed E-state index contributed by atoms with van der Waals surface area (Å²) in [5, 5.41) is 0.694. The molecule has 0 aliphatic carbocycles. The van der Waals surface area contributed by atoms with Crippen molar-refractivity contribution < 1.29 is 19.2 Å². The lowest BCUT2D eigenvalue weighted by molar-refractivity contribution is -0.170. The van der Waals surface area contributed by atoms with Gasteiger partial charge in [0.2, 0.25) is 5.60 Å². The number of ether oxygens (including phenoxy) is 1. The number of carbonyl (C=O) groups is 2. The average Bonchev–Trinajstić information content (AvgIpc) is 2.78. The quantitative estimate of drug-likeness (QED) is 0.870. The lowest BCUT2D eigenvalue weighted by Crippen LogP contribution is -2.36. The van der Waals surface area contributed by atoms with Crippen molar-refractivity contribution in [3.63, 3.8) is 0 Å². The summed E-state index contributed by atoms with van der Waals surface area (Å²) in [6.07, 6.45) is -0.799. The first-order valence-electron chi connectivity index (χ1n) is 6.91. The molecule has 2 aromatic carbocycles. The summed E-state index contributed by atoms with van der Waals surface area (Å²) >= 11 is 0. The molecule has 1 saturated heterocycles. The summed E-state index contributed by atoms with van der Waals surface area (Å²) in [5.74, 6) is -0.528. The maximum Gasteiger partial charge on any atom is 0.443 e. The highest BCUT2D eigenvalue weighted by Crippen LogP contribution is 2.34. The van der Waals surface area contributed by atoms with Crippen LogP contribution in [0.2, 0.25) is 0 Å². The zero-order valence-corrected chi connectivity index (χ0v) is 12.1. The van der Waals surface area contributed by atoms with Gasteiger partial charge in [0, 0.05) is 5.56 Å². The minimum atomic E-state index is -1.35. The van der Waals surface area contributed by atoms with Gasteiger partial charge in [-0.15, -0.1) is 5.06 Å². The Kier molecular flexibility index (Phi) is 3.65. The molecule has 5 nitrogen and oxygen atoms in total. The van der Waals surface area contributed by atoms with Gasteiger partial charge >= 0.3 is 12.0 Å². The van der Waals surface area contributed by atoms with E-state index in [0.717, 1.165) is 5.56 Å². The molecule has 3 rings (SSSR count). The van der Waals surface area contributed by atoms with E-state index in [-0.39, 0.29) is 6.61 Å². The van der Waals surface area contributed by atoms with Gasteiger partial charge in [0.25, 0.3) is 0 Å². The fourth-order valence-electron chi connectivity index (χ4n) is 2.30.